The molecule has 86 valence electrons. The van der Waals surface area contributed by atoms with Crippen LogP contribution in [-0.4, -0.2) is 10.9 Å². The fraction of sp³-hybridized carbons (Fsp3) is 0.0769. The maximum absolute atomic E-state index is 11.9. The SMILES string of the molecule is Cc1ccc(C(=O)Nc2cccc(I)c2)cn1. The van der Waals surface area contributed by atoms with Crippen LogP contribution in [0.2, 0.25) is 0 Å². The van der Waals surface area contributed by atoms with Gasteiger partial charge in [-0.15, -0.1) is 0 Å². The van der Waals surface area contributed by atoms with E-state index in [9.17, 15) is 4.79 Å². The largest absolute Gasteiger partial charge is 0.322 e. The summed E-state index contributed by atoms with van der Waals surface area (Å²) in [4.78, 5) is 16.0. The quantitative estimate of drug-likeness (QED) is 0.854. The summed E-state index contributed by atoms with van der Waals surface area (Å²) in [7, 11) is 0. The molecule has 0 spiro atoms. The second-order valence-electron chi connectivity index (χ2n) is 3.65. The summed E-state index contributed by atoms with van der Waals surface area (Å²) in [6, 6.07) is 11.3. The number of hydrogen-bond donors (Lipinski definition) is 1. The van der Waals surface area contributed by atoms with Gasteiger partial charge in [-0.1, -0.05) is 6.07 Å². The Balaban J connectivity index is 2.14. The van der Waals surface area contributed by atoms with Crippen LogP contribution in [0.3, 0.4) is 0 Å². The Bertz CT molecular complexity index is 537. The van der Waals surface area contributed by atoms with E-state index < -0.39 is 0 Å². The van der Waals surface area contributed by atoms with Crippen molar-refractivity contribution in [3.05, 3.63) is 57.4 Å². The van der Waals surface area contributed by atoms with Crippen molar-refractivity contribution in [2.45, 2.75) is 6.92 Å². The smallest absolute Gasteiger partial charge is 0.257 e. The summed E-state index contributed by atoms with van der Waals surface area (Å²) < 4.78 is 1.09. The third-order valence-electron chi connectivity index (χ3n) is 2.26. The van der Waals surface area contributed by atoms with E-state index in [1.165, 1.54) is 0 Å². The van der Waals surface area contributed by atoms with E-state index in [0.29, 0.717) is 5.56 Å². The Kier molecular flexibility index (Phi) is 3.73. The van der Waals surface area contributed by atoms with E-state index in [4.69, 9.17) is 0 Å². The Morgan fingerprint density at radius 1 is 1.29 bits per heavy atom. The van der Waals surface area contributed by atoms with Gasteiger partial charge in [0.05, 0.1) is 5.56 Å². The molecule has 17 heavy (non-hydrogen) atoms. The minimum atomic E-state index is -0.139. The van der Waals surface area contributed by atoms with Gasteiger partial charge in [-0.05, 0) is 59.8 Å². The summed E-state index contributed by atoms with van der Waals surface area (Å²) >= 11 is 2.21. The molecule has 4 heteroatoms. The number of aryl methyl sites for hydroxylation is 1. The van der Waals surface area contributed by atoms with Crippen molar-refractivity contribution in [3.8, 4) is 0 Å². The Hall–Kier alpha value is -1.43. The van der Waals surface area contributed by atoms with Crippen LogP contribution < -0.4 is 5.32 Å². The summed E-state index contributed by atoms with van der Waals surface area (Å²) in [6.07, 6.45) is 1.58. The first-order chi connectivity index (χ1) is 8.15. The third-order valence-corrected chi connectivity index (χ3v) is 2.93. The lowest BCUT2D eigenvalue weighted by atomic mass is 10.2. The van der Waals surface area contributed by atoms with Crippen LogP contribution in [0.1, 0.15) is 16.1 Å². The lowest BCUT2D eigenvalue weighted by Crippen LogP contribution is -2.12. The Morgan fingerprint density at radius 2 is 2.12 bits per heavy atom. The van der Waals surface area contributed by atoms with Crippen molar-refractivity contribution < 1.29 is 4.79 Å². The first kappa shape index (κ1) is 12.0. The van der Waals surface area contributed by atoms with Crippen LogP contribution in [0.15, 0.2) is 42.6 Å². The summed E-state index contributed by atoms with van der Waals surface area (Å²) in [5, 5.41) is 2.83. The monoisotopic (exact) mass is 338 g/mol. The summed E-state index contributed by atoms with van der Waals surface area (Å²) in [5.74, 6) is -0.139. The van der Waals surface area contributed by atoms with E-state index >= 15 is 0 Å². The highest BCUT2D eigenvalue weighted by molar-refractivity contribution is 14.1. The normalized spacial score (nSPS) is 10.0. The highest BCUT2D eigenvalue weighted by Crippen LogP contribution is 2.13. The summed E-state index contributed by atoms with van der Waals surface area (Å²) in [6.45, 7) is 1.89. The molecule has 0 aliphatic carbocycles. The zero-order chi connectivity index (χ0) is 12.3. The minimum Gasteiger partial charge on any atom is -0.322 e. The predicted molar refractivity (Wildman–Crippen MR) is 76.1 cm³/mol. The lowest BCUT2D eigenvalue weighted by molar-refractivity contribution is 0.102. The molecule has 1 aromatic carbocycles. The van der Waals surface area contributed by atoms with Gasteiger partial charge in [0.25, 0.3) is 5.91 Å². The number of hydrogen-bond acceptors (Lipinski definition) is 2. The van der Waals surface area contributed by atoms with Crippen LogP contribution >= 0.6 is 22.6 Å². The van der Waals surface area contributed by atoms with E-state index in [1.807, 2.05) is 37.3 Å². The summed E-state index contributed by atoms with van der Waals surface area (Å²) in [5.41, 5.74) is 2.26. The number of rotatable bonds is 2. The molecule has 1 N–H and O–H groups in total. The van der Waals surface area contributed by atoms with Crippen LogP contribution in [0, 0.1) is 10.5 Å². The maximum Gasteiger partial charge on any atom is 0.257 e. The molecular weight excluding hydrogens is 327 g/mol. The van der Waals surface area contributed by atoms with E-state index in [1.54, 1.807) is 12.3 Å². The molecule has 2 aromatic rings. The number of halogens is 1. The van der Waals surface area contributed by atoms with Crippen LogP contribution in [0.4, 0.5) is 5.69 Å². The molecular formula is C13H11IN2O. The van der Waals surface area contributed by atoms with Gasteiger partial charge in [0.15, 0.2) is 0 Å². The van der Waals surface area contributed by atoms with Crippen LogP contribution in [0.5, 0.6) is 0 Å². The second kappa shape index (κ2) is 5.27. The van der Waals surface area contributed by atoms with Gasteiger partial charge in [-0.25, -0.2) is 0 Å². The van der Waals surface area contributed by atoms with Gasteiger partial charge in [0, 0.05) is 21.1 Å². The average molecular weight is 338 g/mol. The van der Waals surface area contributed by atoms with Crippen molar-refractivity contribution in [1.29, 1.82) is 0 Å². The minimum absolute atomic E-state index is 0.139. The van der Waals surface area contributed by atoms with Gasteiger partial charge in [-0.3, -0.25) is 9.78 Å². The predicted octanol–water partition coefficient (Wildman–Crippen LogP) is 3.25. The van der Waals surface area contributed by atoms with Gasteiger partial charge >= 0.3 is 0 Å². The molecule has 0 bridgehead atoms. The van der Waals surface area contributed by atoms with Crippen LogP contribution in [-0.2, 0) is 0 Å². The molecule has 0 saturated carbocycles. The Labute approximate surface area is 113 Å². The molecule has 0 radical (unpaired) electrons. The number of nitrogens with zero attached hydrogens (tertiary/aromatic N) is 1. The molecule has 1 heterocycles. The molecule has 0 fully saturated rings. The first-order valence-electron chi connectivity index (χ1n) is 5.15. The van der Waals surface area contributed by atoms with E-state index in [0.717, 1.165) is 15.0 Å². The van der Waals surface area contributed by atoms with Crippen molar-refractivity contribution in [2.75, 3.05) is 5.32 Å². The molecule has 0 aliphatic rings. The number of anilines is 1. The molecule has 3 nitrogen and oxygen atoms in total. The molecule has 0 unspecified atom stereocenters. The van der Waals surface area contributed by atoms with Gasteiger partial charge < -0.3 is 5.32 Å². The number of amides is 1. The van der Waals surface area contributed by atoms with Gasteiger partial charge in [0.2, 0.25) is 0 Å². The molecule has 0 atom stereocenters. The van der Waals surface area contributed by atoms with Crippen molar-refractivity contribution in [2.24, 2.45) is 0 Å². The third kappa shape index (κ3) is 3.26. The number of carbonyl (C=O) groups excluding carboxylic acids is 1. The number of carbonyl (C=O) groups is 1. The van der Waals surface area contributed by atoms with Crippen molar-refractivity contribution in [1.82, 2.24) is 4.98 Å². The lowest BCUT2D eigenvalue weighted by Gasteiger charge is -2.05. The standard InChI is InChI=1S/C13H11IN2O/c1-9-5-6-10(8-15-9)13(17)16-12-4-2-3-11(14)7-12/h2-8H,1H3,(H,16,17). The first-order valence-corrected chi connectivity index (χ1v) is 6.22. The topological polar surface area (TPSA) is 42.0 Å². The molecule has 0 saturated heterocycles. The highest BCUT2D eigenvalue weighted by atomic mass is 127. The fourth-order valence-corrected chi connectivity index (χ4v) is 1.91. The maximum atomic E-state index is 11.9. The van der Waals surface area contributed by atoms with E-state index in [2.05, 4.69) is 32.9 Å². The average Bonchev–Trinajstić information content (AvgIpc) is 2.29. The number of benzene rings is 1. The molecule has 2 rings (SSSR count). The zero-order valence-electron chi connectivity index (χ0n) is 9.27. The number of nitrogens with one attached hydrogen (secondary N) is 1. The number of pyridine rings is 1. The van der Waals surface area contributed by atoms with Crippen LogP contribution in [0.25, 0.3) is 0 Å². The van der Waals surface area contributed by atoms with Gasteiger partial charge in [0.1, 0.15) is 0 Å². The number of aromatic nitrogens is 1. The zero-order valence-corrected chi connectivity index (χ0v) is 11.4. The fourth-order valence-electron chi connectivity index (χ4n) is 1.37. The second-order valence-corrected chi connectivity index (χ2v) is 4.90. The highest BCUT2D eigenvalue weighted by Gasteiger charge is 2.05. The molecule has 0 aliphatic heterocycles. The van der Waals surface area contributed by atoms with Crippen molar-refractivity contribution >= 4 is 34.2 Å². The van der Waals surface area contributed by atoms with Crippen molar-refractivity contribution in [3.63, 3.8) is 0 Å². The Morgan fingerprint density at radius 3 is 2.76 bits per heavy atom. The van der Waals surface area contributed by atoms with E-state index in [-0.39, 0.29) is 5.91 Å². The molecule has 1 aromatic heterocycles. The molecule has 1 amide bonds. The van der Waals surface area contributed by atoms with Gasteiger partial charge in [-0.2, -0.15) is 0 Å².